The van der Waals surface area contributed by atoms with Crippen LogP contribution in [0, 0.1) is 0 Å². The van der Waals surface area contributed by atoms with Gasteiger partial charge in [-0.1, -0.05) is 12.1 Å². The molecular weight excluding hydrogens is 342 g/mol. The molecule has 1 aromatic rings. The Kier molecular flexibility index (Phi) is 8.58. The van der Waals surface area contributed by atoms with Crippen LogP contribution in [0.5, 0.6) is 5.75 Å². The van der Waals surface area contributed by atoms with Crippen LogP contribution in [-0.2, 0) is 9.59 Å². The van der Waals surface area contributed by atoms with Crippen LogP contribution in [0.2, 0.25) is 0 Å². The Morgan fingerprint density at radius 1 is 1.26 bits per heavy atom. The van der Waals surface area contributed by atoms with Gasteiger partial charge in [0.1, 0.15) is 5.75 Å². The quantitative estimate of drug-likeness (QED) is 0.614. The zero-order chi connectivity index (χ0) is 19.6. The largest absolute Gasteiger partial charge is 0.482 e. The van der Waals surface area contributed by atoms with Gasteiger partial charge in [0.25, 0.3) is 5.91 Å². The molecule has 0 saturated heterocycles. The summed E-state index contributed by atoms with van der Waals surface area (Å²) in [6, 6.07) is 7.72. The second-order valence-electron chi connectivity index (χ2n) is 7.22. The van der Waals surface area contributed by atoms with Crippen molar-refractivity contribution in [2.45, 2.75) is 52.5 Å². The van der Waals surface area contributed by atoms with Crippen molar-refractivity contribution in [3.8, 4) is 5.75 Å². The number of carbonyl (C=O) groups excluding carboxylic acids is 2. The third kappa shape index (κ3) is 6.54. The van der Waals surface area contributed by atoms with E-state index in [-0.39, 0.29) is 24.5 Å². The Hall–Kier alpha value is -2.08. The van der Waals surface area contributed by atoms with Crippen molar-refractivity contribution >= 4 is 17.5 Å². The first kappa shape index (κ1) is 21.2. The number of benzene rings is 1. The highest BCUT2D eigenvalue weighted by molar-refractivity contribution is 5.97. The molecule has 1 aliphatic rings. The van der Waals surface area contributed by atoms with Crippen LogP contribution >= 0.6 is 0 Å². The Morgan fingerprint density at radius 2 is 2.00 bits per heavy atom. The fourth-order valence-electron chi connectivity index (χ4n) is 3.48. The lowest BCUT2D eigenvalue weighted by Crippen LogP contribution is -3.11. The number of para-hydroxylation sites is 2. The summed E-state index contributed by atoms with van der Waals surface area (Å²) in [5.41, 5.74) is 0.793. The standard InChI is InChI=1S/C21H33N3O3/c1-4-23(5-2)14-8-10-17(3)22-20(25)13-9-15-24-18-11-6-7-12-19(18)27-16-21(24)26/h6-7,11-12,17H,4-5,8-10,13-16H2,1-3H3,(H,22,25)/p+1/t17-/m0/s1. The summed E-state index contributed by atoms with van der Waals surface area (Å²) in [6.45, 7) is 10.6. The summed E-state index contributed by atoms with van der Waals surface area (Å²) >= 11 is 0. The number of nitrogens with zero attached hydrogens (tertiary/aromatic N) is 1. The van der Waals surface area contributed by atoms with Gasteiger partial charge < -0.3 is 19.9 Å². The van der Waals surface area contributed by atoms with Crippen molar-refractivity contribution in [3.63, 3.8) is 0 Å². The van der Waals surface area contributed by atoms with Gasteiger partial charge in [0.05, 0.1) is 25.3 Å². The summed E-state index contributed by atoms with van der Waals surface area (Å²) in [5, 5.41) is 3.08. The first-order chi connectivity index (χ1) is 13.0. The lowest BCUT2D eigenvalue weighted by Gasteiger charge is -2.29. The van der Waals surface area contributed by atoms with Gasteiger partial charge >= 0.3 is 0 Å². The topological polar surface area (TPSA) is 63.1 Å². The molecule has 0 saturated carbocycles. The van der Waals surface area contributed by atoms with Crippen molar-refractivity contribution in [1.82, 2.24) is 5.32 Å². The van der Waals surface area contributed by atoms with E-state index in [1.165, 1.54) is 0 Å². The fraction of sp³-hybridized carbons (Fsp3) is 0.619. The number of fused-ring (bicyclic) bond motifs is 1. The molecule has 0 aromatic heterocycles. The first-order valence-corrected chi connectivity index (χ1v) is 10.2. The zero-order valence-electron chi connectivity index (χ0n) is 16.9. The molecule has 0 radical (unpaired) electrons. The van der Waals surface area contributed by atoms with Crippen LogP contribution in [0.3, 0.4) is 0 Å². The molecule has 2 rings (SSSR count). The number of ether oxygens (including phenoxy) is 1. The van der Waals surface area contributed by atoms with Gasteiger partial charge in [-0.05, 0) is 52.2 Å². The van der Waals surface area contributed by atoms with Gasteiger partial charge in [0.15, 0.2) is 6.61 Å². The molecule has 0 spiro atoms. The van der Waals surface area contributed by atoms with Crippen molar-refractivity contribution in [2.24, 2.45) is 0 Å². The number of rotatable bonds is 11. The highest BCUT2D eigenvalue weighted by Crippen LogP contribution is 2.31. The second kappa shape index (κ2) is 10.9. The molecule has 1 aromatic carbocycles. The van der Waals surface area contributed by atoms with E-state index in [1.54, 1.807) is 9.80 Å². The van der Waals surface area contributed by atoms with E-state index in [4.69, 9.17) is 4.74 Å². The summed E-state index contributed by atoms with van der Waals surface area (Å²) in [4.78, 5) is 27.6. The lowest BCUT2D eigenvalue weighted by molar-refractivity contribution is -0.896. The van der Waals surface area contributed by atoms with Gasteiger partial charge in [-0.25, -0.2) is 0 Å². The maximum Gasteiger partial charge on any atom is 0.265 e. The molecule has 0 bridgehead atoms. The Bertz CT molecular complexity index is 616. The Balaban J connectivity index is 1.69. The van der Waals surface area contributed by atoms with Crippen LogP contribution < -0.4 is 19.9 Å². The number of hydrogen-bond donors (Lipinski definition) is 2. The molecule has 0 fully saturated rings. The summed E-state index contributed by atoms with van der Waals surface area (Å²) in [5.74, 6) is 0.735. The van der Waals surface area contributed by atoms with E-state index in [1.807, 2.05) is 24.3 Å². The molecule has 150 valence electrons. The molecule has 1 atom stereocenters. The molecule has 2 N–H and O–H groups in total. The summed E-state index contributed by atoms with van der Waals surface area (Å²) in [6.07, 6.45) is 3.20. The first-order valence-electron chi connectivity index (χ1n) is 10.2. The molecule has 1 heterocycles. The highest BCUT2D eigenvalue weighted by atomic mass is 16.5. The Labute approximate surface area is 162 Å². The highest BCUT2D eigenvalue weighted by Gasteiger charge is 2.24. The van der Waals surface area contributed by atoms with Crippen LogP contribution in [0.15, 0.2) is 24.3 Å². The Morgan fingerprint density at radius 3 is 2.74 bits per heavy atom. The average Bonchev–Trinajstić information content (AvgIpc) is 2.67. The lowest BCUT2D eigenvalue weighted by atomic mass is 10.1. The molecule has 27 heavy (non-hydrogen) atoms. The second-order valence-corrected chi connectivity index (χ2v) is 7.22. The number of amides is 2. The van der Waals surface area contributed by atoms with Gasteiger partial charge in [-0.3, -0.25) is 9.59 Å². The predicted molar refractivity (Wildman–Crippen MR) is 107 cm³/mol. The van der Waals surface area contributed by atoms with Gasteiger partial charge in [0.2, 0.25) is 5.91 Å². The SMILES string of the molecule is CC[NH+](CC)CCC[C@H](C)NC(=O)CCCN1C(=O)COc2ccccc21. The van der Waals surface area contributed by atoms with Crippen molar-refractivity contribution in [1.29, 1.82) is 0 Å². The van der Waals surface area contributed by atoms with E-state index < -0.39 is 0 Å². The number of nitrogens with one attached hydrogen (secondary N) is 2. The summed E-state index contributed by atoms with van der Waals surface area (Å²) in [7, 11) is 0. The maximum absolute atomic E-state index is 12.2. The van der Waals surface area contributed by atoms with Gasteiger partial charge in [-0.15, -0.1) is 0 Å². The summed E-state index contributed by atoms with van der Waals surface area (Å²) < 4.78 is 5.44. The number of carbonyl (C=O) groups is 2. The van der Waals surface area contributed by atoms with E-state index in [0.29, 0.717) is 19.4 Å². The average molecular weight is 377 g/mol. The van der Waals surface area contributed by atoms with Crippen LogP contribution in [0.4, 0.5) is 5.69 Å². The van der Waals surface area contributed by atoms with Crippen LogP contribution in [-0.4, -0.2) is 50.6 Å². The molecular formula is C21H34N3O3+. The van der Waals surface area contributed by atoms with Crippen LogP contribution in [0.25, 0.3) is 0 Å². The minimum Gasteiger partial charge on any atom is -0.482 e. The molecule has 6 heteroatoms. The number of quaternary nitrogens is 1. The molecule has 2 amide bonds. The number of hydrogen-bond acceptors (Lipinski definition) is 3. The smallest absolute Gasteiger partial charge is 0.265 e. The molecule has 1 aliphatic heterocycles. The van der Waals surface area contributed by atoms with E-state index >= 15 is 0 Å². The predicted octanol–water partition coefficient (Wildman–Crippen LogP) is 1.40. The van der Waals surface area contributed by atoms with Crippen molar-refractivity contribution in [2.75, 3.05) is 37.7 Å². The molecule has 0 aliphatic carbocycles. The fourth-order valence-corrected chi connectivity index (χ4v) is 3.48. The zero-order valence-corrected chi connectivity index (χ0v) is 16.9. The van der Waals surface area contributed by atoms with E-state index in [0.717, 1.165) is 43.9 Å². The third-order valence-corrected chi connectivity index (χ3v) is 5.17. The minimum atomic E-state index is -0.0543. The van der Waals surface area contributed by atoms with Crippen LogP contribution in [0.1, 0.15) is 46.5 Å². The maximum atomic E-state index is 12.2. The van der Waals surface area contributed by atoms with Crippen molar-refractivity contribution < 1.29 is 19.2 Å². The van der Waals surface area contributed by atoms with Gasteiger partial charge in [-0.2, -0.15) is 0 Å². The minimum absolute atomic E-state index is 0.0543. The van der Waals surface area contributed by atoms with E-state index in [2.05, 4.69) is 26.1 Å². The van der Waals surface area contributed by atoms with Crippen molar-refractivity contribution in [3.05, 3.63) is 24.3 Å². The number of anilines is 1. The van der Waals surface area contributed by atoms with E-state index in [9.17, 15) is 9.59 Å². The third-order valence-electron chi connectivity index (χ3n) is 5.17. The normalized spacial score (nSPS) is 14.7. The monoisotopic (exact) mass is 376 g/mol. The molecule has 0 unspecified atom stereocenters. The molecule has 6 nitrogen and oxygen atoms in total. The van der Waals surface area contributed by atoms with Gasteiger partial charge in [0, 0.05) is 19.0 Å².